The number of aliphatic hydroxyl groups is 1. The first-order chi connectivity index (χ1) is 14.5. The van der Waals surface area contributed by atoms with Crippen LogP contribution in [-0.2, 0) is 6.42 Å². The molecule has 4 aliphatic carbocycles. The second-order valence-corrected chi connectivity index (χ2v) is 11.6. The second kappa shape index (κ2) is 8.12. The molecular weight excluding hydrogens is 364 g/mol. The maximum absolute atomic E-state index is 11.3. The van der Waals surface area contributed by atoms with E-state index in [0.29, 0.717) is 16.7 Å². The SMILES string of the molecule is CC12CCCCC1=CCC1C2CCC2(C)C(C(O)CCCc3ccccc3)CCC12. The van der Waals surface area contributed by atoms with Crippen molar-refractivity contribution < 1.29 is 5.11 Å². The molecule has 0 spiro atoms. The van der Waals surface area contributed by atoms with Gasteiger partial charge in [0.2, 0.25) is 0 Å². The third-order valence-corrected chi connectivity index (χ3v) is 10.4. The van der Waals surface area contributed by atoms with Crippen molar-refractivity contribution in [1.82, 2.24) is 0 Å². The predicted octanol–water partition coefficient (Wildman–Crippen LogP) is 7.34. The van der Waals surface area contributed by atoms with E-state index in [1.165, 1.54) is 63.4 Å². The molecule has 1 aromatic carbocycles. The van der Waals surface area contributed by atoms with E-state index in [4.69, 9.17) is 0 Å². The van der Waals surface area contributed by atoms with Gasteiger partial charge in [-0.2, -0.15) is 0 Å². The average Bonchev–Trinajstić information content (AvgIpc) is 3.11. The van der Waals surface area contributed by atoms with Gasteiger partial charge in [0, 0.05) is 0 Å². The van der Waals surface area contributed by atoms with Crippen LogP contribution in [0.25, 0.3) is 0 Å². The van der Waals surface area contributed by atoms with Crippen molar-refractivity contribution in [1.29, 1.82) is 0 Å². The molecule has 1 N–H and O–H groups in total. The van der Waals surface area contributed by atoms with E-state index < -0.39 is 0 Å². The lowest BCUT2D eigenvalue weighted by Gasteiger charge is -2.58. The lowest BCUT2D eigenvalue weighted by molar-refractivity contribution is -0.0666. The Bertz CT molecular complexity index is 766. The summed E-state index contributed by atoms with van der Waals surface area (Å²) >= 11 is 0. The van der Waals surface area contributed by atoms with Crippen LogP contribution in [0.1, 0.15) is 90.0 Å². The largest absolute Gasteiger partial charge is 0.393 e. The van der Waals surface area contributed by atoms with Gasteiger partial charge in [0.05, 0.1) is 6.10 Å². The van der Waals surface area contributed by atoms with Gasteiger partial charge in [0.15, 0.2) is 0 Å². The summed E-state index contributed by atoms with van der Waals surface area (Å²) in [7, 11) is 0. The summed E-state index contributed by atoms with van der Waals surface area (Å²) in [6.07, 6.45) is 18.1. The molecule has 0 amide bonds. The van der Waals surface area contributed by atoms with Crippen LogP contribution in [0.5, 0.6) is 0 Å². The molecule has 1 nitrogen and oxygen atoms in total. The lowest BCUT2D eigenvalue weighted by atomic mass is 9.47. The van der Waals surface area contributed by atoms with Crippen LogP contribution in [-0.4, -0.2) is 11.2 Å². The molecule has 1 aromatic rings. The number of aryl methyl sites for hydroxylation is 1. The van der Waals surface area contributed by atoms with Crippen molar-refractivity contribution in [2.75, 3.05) is 0 Å². The topological polar surface area (TPSA) is 20.2 Å². The van der Waals surface area contributed by atoms with Crippen LogP contribution in [0.3, 0.4) is 0 Å². The van der Waals surface area contributed by atoms with Gasteiger partial charge in [-0.3, -0.25) is 0 Å². The molecule has 3 fully saturated rings. The van der Waals surface area contributed by atoms with Crippen LogP contribution in [0, 0.1) is 34.5 Å². The molecule has 0 radical (unpaired) electrons. The fourth-order valence-electron chi connectivity index (χ4n) is 8.73. The van der Waals surface area contributed by atoms with Gasteiger partial charge in [-0.25, -0.2) is 0 Å². The molecule has 0 bridgehead atoms. The number of benzene rings is 1. The minimum absolute atomic E-state index is 0.111. The normalized spacial score (nSPS) is 41.4. The van der Waals surface area contributed by atoms with Crippen LogP contribution >= 0.6 is 0 Å². The zero-order valence-corrected chi connectivity index (χ0v) is 19.3. The summed E-state index contributed by atoms with van der Waals surface area (Å²) in [4.78, 5) is 0. The molecule has 3 saturated carbocycles. The molecule has 5 rings (SSSR count). The van der Waals surface area contributed by atoms with Crippen molar-refractivity contribution in [3.8, 4) is 0 Å². The minimum Gasteiger partial charge on any atom is -0.393 e. The third kappa shape index (κ3) is 3.40. The molecule has 0 aromatic heterocycles. The molecule has 0 saturated heterocycles. The van der Waals surface area contributed by atoms with Gasteiger partial charge in [-0.1, -0.05) is 62.2 Å². The van der Waals surface area contributed by atoms with Crippen molar-refractivity contribution in [2.45, 2.75) is 97.0 Å². The standard InChI is InChI=1S/C29H42O/c1-28-19-7-6-12-22(28)14-15-23-24-16-17-26(29(24,2)20-18-25(23)28)27(30)13-8-11-21-9-4-3-5-10-21/h3-5,9-10,14,23-27,30H,6-8,11-13,15-20H2,1-2H3. The Hall–Kier alpha value is -1.08. The molecule has 164 valence electrons. The van der Waals surface area contributed by atoms with Crippen LogP contribution in [0.15, 0.2) is 42.0 Å². The smallest absolute Gasteiger partial charge is 0.0573 e. The summed E-state index contributed by atoms with van der Waals surface area (Å²) in [5.74, 6) is 3.13. The first kappa shape index (κ1) is 20.8. The molecule has 7 unspecified atom stereocenters. The Labute approximate surface area is 184 Å². The first-order valence-electron chi connectivity index (χ1n) is 12.9. The maximum atomic E-state index is 11.3. The lowest BCUT2D eigenvalue weighted by Crippen LogP contribution is -2.50. The number of hydrogen-bond acceptors (Lipinski definition) is 1. The Kier molecular flexibility index (Phi) is 5.63. The highest BCUT2D eigenvalue weighted by atomic mass is 16.3. The van der Waals surface area contributed by atoms with Crippen LogP contribution in [0.4, 0.5) is 0 Å². The highest BCUT2D eigenvalue weighted by Gasteiger charge is 2.59. The molecule has 0 aliphatic heterocycles. The first-order valence-corrected chi connectivity index (χ1v) is 12.9. The number of hydrogen-bond donors (Lipinski definition) is 1. The molecular formula is C29H42O. The van der Waals surface area contributed by atoms with Gasteiger partial charge in [-0.15, -0.1) is 0 Å². The van der Waals surface area contributed by atoms with E-state index in [-0.39, 0.29) is 6.10 Å². The Morgan fingerprint density at radius 1 is 1.00 bits per heavy atom. The molecule has 7 atom stereocenters. The zero-order chi connectivity index (χ0) is 20.8. The molecule has 4 aliphatic rings. The fourth-order valence-corrected chi connectivity index (χ4v) is 8.73. The van der Waals surface area contributed by atoms with Gasteiger partial charge in [0.1, 0.15) is 0 Å². The Balaban J connectivity index is 1.26. The zero-order valence-electron chi connectivity index (χ0n) is 19.3. The van der Waals surface area contributed by atoms with E-state index in [1.807, 2.05) is 5.57 Å². The van der Waals surface area contributed by atoms with E-state index in [9.17, 15) is 5.11 Å². The number of fused-ring (bicyclic) bond motifs is 5. The van der Waals surface area contributed by atoms with Crippen molar-refractivity contribution in [3.63, 3.8) is 0 Å². The minimum atomic E-state index is -0.111. The monoisotopic (exact) mass is 406 g/mol. The van der Waals surface area contributed by atoms with Crippen molar-refractivity contribution in [3.05, 3.63) is 47.5 Å². The second-order valence-electron chi connectivity index (χ2n) is 11.6. The molecule has 30 heavy (non-hydrogen) atoms. The van der Waals surface area contributed by atoms with Crippen molar-refractivity contribution in [2.24, 2.45) is 34.5 Å². The Morgan fingerprint density at radius 3 is 2.67 bits per heavy atom. The van der Waals surface area contributed by atoms with E-state index in [2.05, 4.69) is 50.3 Å². The van der Waals surface area contributed by atoms with E-state index in [1.54, 1.807) is 0 Å². The average molecular weight is 407 g/mol. The highest BCUT2D eigenvalue weighted by molar-refractivity contribution is 5.24. The molecule has 0 heterocycles. The summed E-state index contributed by atoms with van der Waals surface area (Å²) in [5.41, 5.74) is 4.08. The summed E-state index contributed by atoms with van der Waals surface area (Å²) in [6, 6.07) is 10.8. The predicted molar refractivity (Wildman–Crippen MR) is 125 cm³/mol. The fraction of sp³-hybridized carbons (Fsp3) is 0.724. The van der Waals surface area contributed by atoms with Crippen molar-refractivity contribution >= 4 is 0 Å². The number of rotatable bonds is 5. The van der Waals surface area contributed by atoms with Crippen LogP contribution < -0.4 is 0 Å². The third-order valence-electron chi connectivity index (χ3n) is 10.4. The summed E-state index contributed by atoms with van der Waals surface area (Å²) in [5, 5.41) is 11.3. The quantitative estimate of drug-likeness (QED) is 0.507. The van der Waals surface area contributed by atoms with Crippen LogP contribution in [0.2, 0.25) is 0 Å². The van der Waals surface area contributed by atoms with E-state index in [0.717, 1.165) is 37.0 Å². The Morgan fingerprint density at radius 2 is 1.83 bits per heavy atom. The van der Waals surface area contributed by atoms with E-state index >= 15 is 0 Å². The van der Waals surface area contributed by atoms with Gasteiger partial charge in [0.25, 0.3) is 0 Å². The number of allylic oxidation sites excluding steroid dienone is 2. The summed E-state index contributed by atoms with van der Waals surface area (Å²) < 4.78 is 0. The van der Waals surface area contributed by atoms with Gasteiger partial charge < -0.3 is 5.11 Å². The molecule has 1 heteroatoms. The van der Waals surface area contributed by atoms with Gasteiger partial charge in [-0.05, 0) is 111 Å². The number of aliphatic hydroxyl groups excluding tert-OH is 1. The van der Waals surface area contributed by atoms with Gasteiger partial charge >= 0.3 is 0 Å². The maximum Gasteiger partial charge on any atom is 0.0573 e. The highest BCUT2D eigenvalue weighted by Crippen LogP contribution is 2.66. The summed E-state index contributed by atoms with van der Waals surface area (Å²) in [6.45, 7) is 5.18.